The summed E-state index contributed by atoms with van der Waals surface area (Å²) in [7, 11) is 0. The number of hydrogen-bond donors (Lipinski definition) is 2. The zero-order valence-corrected chi connectivity index (χ0v) is 11.3. The molecule has 0 aliphatic carbocycles. The Labute approximate surface area is 115 Å². The number of carbonyl (C=O) groups is 2. The summed E-state index contributed by atoms with van der Waals surface area (Å²) in [6.07, 6.45) is 0.371. The Hall–Kier alpha value is -2.44. The van der Waals surface area contributed by atoms with E-state index in [1.807, 2.05) is 0 Å². The first-order valence-electron chi connectivity index (χ1n) is 6.17. The van der Waals surface area contributed by atoms with E-state index in [9.17, 15) is 24.8 Å². The molecule has 1 aromatic rings. The van der Waals surface area contributed by atoms with Crippen molar-refractivity contribution in [2.24, 2.45) is 0 Å². The van der Waals surface area contributed by atoms with E-state index in [0.717, 1.165) is 0 Å². The molecule has 20 heavy (non-hydrogen) atoms. The van der Waals surface area contributed by atoms with Crippen LogP contribution in [0.3, 0.4) is 0 Å². The largest absolute Gasteiger partial charge is 0.480 e. The molecule has 2 N–H and O–H groups in total. The van der Waals surface area contributed by atoms with E-state index in [2.05, 4.69) is 5.32 Å². The van der Waals surface area contributed by atoms with E-state index >= 15 is 0 Å². The van der Waals surface area contributed by atoms with Gasteiger partial charge in [0.1, 0.15) is 11.1 Å². The number of carboxylic acid groups (broad SMARTS) is 1. The SMILES string of the molecule is CCC(CC)(NC(=O)c1ccccc1[N+](=O)[O-])C(=O)O. The van der Waals surface area contributed by atoms with Crippen LogP contribution in [0, 0.1) is 10.1 Å². The molecule has 0 fully saturated rings. The molecule has 0 heterocycles. The first kappa shape index (κ1) is 15.6. The highest BCUT2D eigenvalue weighted by Gasteiger charge is 2.37. The van der Waals surface area contributed by atoms with Gasteiger partial charge in [0, 0.05) is 6.07 Å². The highest BCUT2D eigenvalue weighted by molar-refractivity contribution is 6.00. The Morgan fingerprint density at radius 1 is 1.30 bits per heavy atom. The predicted octanol–water partition coefficient (Wildman–Crippen LogP) is 1.97. The number of rotatable bonds is 6. The van der Waals surface area contributed by atoms with Gasteiger partial charge in [0.2, 0.25) is 0 Å². The number of carbonyl (C=O) groups excluding carboxylic acids is 1. The number of nitrogens with zero attached hydrogens (tertiary/aromatic N) is 1. The Bertz CT molecular complexity index is 537. The Kier molecular flexibility index (Phi) is 4.79. The van der Waals surface area contributed by atoms with Crippen molar-refractivity contribution in [3.8, 4) is 0 Å². The van der Waals surface area contributed by atoms with E-state index in [4.69, 9.17) is 0 Å². The van der Waals surface area contributed by atoms with E-state index in [0.29, 0.717) is 0 Å². The molecule has 0 atom stereocenters. The van der Waals surface area contributed by atoms with Crippen molar-refractivity contribution in [1.82, 2.24) is 5.32 Å². The normalized spacial score (nSPS) is 10.9. The third kappa shape index (κ3) is 2.93. The second-order valence-corrected chi connectivity index (χ2v) is 4.32. The number of aliphatic carboxylic acids is 1. The van der Waals surface area contributed by atoms with Crippen LogP contribution in [0.5, 0.6) is 0 Å². The van der Waals surface area contributed by atoms with E-state index in [-0.39, 0.29) is 24.1 Å². The van der Waals surface area contributed by atoms with Gasteiger partial charge in [-0.05, 0) is 18.9 Å². The van der Waals surface area contributed by atoms with Gasteiger partial charge in [-0.15, -0.1) is 0 Å². The smallest absolute Gasteiger partial charge is 0.329 e. The van der Waals surface area contributed by atoms with Crippen LogP contribution in [0.2, 0.25) is 0 Å². The molecule has 0 saturated heterocycles. The van der Waals surface area contributed by atoms with E-state index in [1.165, 1.54) is 24.3 Å². The quantitative estimate of drug-likeness (QED) is 0.611. The van der Waals surface area contributed by atoms with Gasteiger partial charge in [0.15, 0.2) is 0 Å². The van der Waals surface area contributed by atoms with Crippen LogP contribution in [-0.4, -0.2) is 27.4 Å². The van der Waals surface area contributed by atoms with Gasteiger partial charge >= 0.3 is 5.97 Å². The molecular weight excluding hydrogens is 264 g/mol. The molecule has 7 nitrogen and oxygen atoms in total. The molecule has 108 valence electrons. The number of nitrogens with one attached hydrogen (secondary N) is 1. The van der Waals surface area contributed by atoms with Gasteiger partial charge in [-0.2, -0.15) is 0 Å². The Morgan fingerprint density at radius 2 is 1.85 bits per heavy atom. The van der Waals surface area contributed by atoms with Crippen molar-refractivity contribution >= 4 is 17.6 Å². The van der Waals surface area contributed by atoms with Crippen molar-refractivity contribution in [3.05, 3.63) is 39.9 Å². The highest BCUT2D eigenvalue weighted by Crippen LogP contribution is 2.21. The molecule has 0 radical (unpaired) electrons. The van der Waals surface area contributed by atoms with Crippen LogP contribution in [0.15, 0.2) is 24.3 Å². The minimum absolute atomic E-state index is 0.148. The molecule has 7 heteroatoms. The molecule has 0 aliphatic heterocycles. The van der Waals surface area contributed by atoms with Gasteiger partial charge in [-0.3, -0.25) is 14.9 Å². The molecule has 1 rings (SSSR count). The van der Waals surface area contributed by atoms with Gasteiger partial charge in [0.05, 0.1) is 4.92 Å². The number of amides is 1. The topological polar surface area (TPSA) is 110 Å². The van der Waals surface area contributed by atoms with Crippen LogP contribution in [0.1, 0.15) is 37.0 Å². The minimum atomic E-state index is -1.42. The number of nitro groups is 1. The molecule has 0 aromatic heterocycles. The van der Waals surface area contributed by atoms with E-state index in [1.54, 1.807) is 13.8 Å². The van der Waals surface area contributed by atoms with Gasteiger partial charge < -0.3 is 10.4 Å². The number of benzene rings is 1. The number of para-hydroxylation sites is 1. The lowest BCUT2D eigenvalue weighted by Gasteiger charge is -2.27. The third-order valence-electron chi connectivity index (χ3n) is 3.31. The lowest BCUT2D eigenvalue weighted by Crippen LogP contribution is -2.53. The summed E-state index contributed by atoms with van der Waals surface area (Å²) >= 11 is 0. The molecule has 0 bridgehead atoms. The summed E-state index contributed by atoms with van der Waals surface area (Å²) in [5, 5.41) is 22.5. The first-order chi connectivity index (χ1) is 9.38. The van der Waals surface area contributed by atoms with Crippen LogP contribution in [-0.2, 0) is 4.79 Å². The summed E-state index contributed by atoms with van der Waals surface area (Å²) in [6, 6.07) is 5.43. The fraction of sp³-hybridized carbons (Fsp3) is 0.385. The van der Waals surface area contributed by atoms with Crippen molar-refractivity contribution < 1.29 is 19.6 Å². The second-order valence-electron chi connectivity index (χ2n) is 4.32. The average molecular weight is 280 g/mol. The second kappa shape index (κ2) is 6.14. The van der Waals surface area contributed by atoms with Crippen molar-refractivity contribution in [3.63, 3.8) is 0 Å². The predicted molar refractivity (Wildman–Crippen MR) is 71.5 cm³/mol. The maximum atomic E-state index is 12.1. The van der Waals surface area contributed by atoms with Gasteiger partial charge in [-0.25, -0.2) is 4.79 Å². The van der Waals surface area contributed by atoms with Gasteiger partial charge in [0.25, 0.3) is 11.6 Å². The molecule has 0 spiro atoms. The molecule has 1 amide bonds. The molecule has 0 aliphatic rings. The zero-order chi connectivity index (χ0) is 15.3. The van der Waals surface area contributed by atoms with Crippen molar-refractivity contribution in [2.45, 2.75) is 32.2 Å². The minimum Gasteiger partial charge on any atom is -0.480 e. The van der Waals surface area contributed by atoms with Crippen molar-refractivity contribution in [1.29, 1.82) is 0 Å². The number of nitro benzene ring substituents is 1. The summed E-state index contributed by atoms with van der Waals surface area (Å²) in [4.78, 5) is 33.7. The summed E-state index contributed by atoms with van der Waals surface area (Å²) in [5.41, 5.74) is -1.91. The van der Waals surface area contributed by atoms with Gasteiger partial charge in [-0.1, -0.05) is 26.0 Å². The first-order valence-corrected chi connectivity index (χ1v) is 6.17. The van der Waals surface area contributed by atoms with Crippen LogP contribution < -0.4 is 5.32 Å². The fourth-order valence-electron chi connectivity index (χ4n) is 1.89. The Morgan fingerprint density at radius 3 is 2.30 bits per heavy atom. The summed E-state index contributed by atoms with van der Waals surface area (Å²) in [5.74, 6) is -1.92. The summed E-state index contributed by atoms with van der Waals surface area (Å²) < 4.78 is 0. The summed E-state index contributed by atoms with van der Waals surface area (Å²) in [6.45, 7) is 3.27. The number of carboxylic acids is 1. The maximum Gasteiger partial charge on any atom is 0.329 e. The maximum absolute atomic E-state index is 12.1. The third-order valence-corrected chi connectivity index (χ3v) is 3.31. The molecule has 1 aromatic carbocycles. The molecule has 0 saturated carbocycles. The zero-order valence-electron chi connectivity index (χ0n) is 11.3. The van der Waals surface area contributed by atoms with Crippen LogP contribution >= 0.6 is 0 Å². The standard InChI is InChI=1S/C13H16N2O5/c1-3-13(4-2,12(17)18)14-11(16)9-7-5-6-8-10(9)15(19)20/h5-8H,3-4H2,1-2H3,(H,14,16)(H,17,18). The lowest BCUT2D eigenvalue weighted by atomic mass is 9.92. The Balaban J connectivity index is 3.14. The van der Waals surface area contributed by atoms with Crippen LogP contribution in [0.4, 0.5) is 5.69 Å². The van der Waals surface area contributed by atoms with E-state index < -0.39 is 22.3 Å². The van der Waals surface area contributed by atoms with Crippen molar-refractivity contribution in [2.75, 3.05) is 0 Å². The van der Waals surface area contributed by atoms with Crippen LogP contribution in [0.25, 0.3) is 0 Å². The molecular formula is C13H16N2O5. The monoisotopic (exact) mass is 280 g/mol. The average Bonchev–Trinajstić information content (AvgIpc) is 2.44. The highest BCUT2D eigenvalue weighted by atomic mass is 16.6. The lowest BCUT2D eigenvalue weighted by molar-refractivity contribution is -0.385. The fourth-order valence-corrected chi connectivity index (χ4v) is 1.89. The molecule has 0 unspecified atom stereocenters. The number of hydrogen-bond acceptors (Lipinski definition) is 4.